The first kappa shape index (κ1) is 11.4. The molecule has 16 heavy (non-hydrogen) atoms. The normalized spacial score (nSPS) is 10.1. The maximum Gasteiger partial charge on any atom is 0.133 e. The van der Waals surface area contributed by atoms with E-state index >= 15 is 0 Å². The molecule has 0 saturated heterocycles. The number of benzene rings is 2. The Morgan fingerprint density at radius 3 is 2.50 bits per heavy atom. The Morgan fingerprint density at radius 1 is 1.06 bits per heavy atom. The Balaban J connectivity index is 2.05. The highest BCUT2D eigenvalue weighted by atomic mass is 127. The van der Waals surface area contributed by atoms with E-state index < -0.39 is 0 Å². The van der Waals surface area contributed by atoms with Gasteiger partial charge in [0.1, 0.15) is 18.2 Å². The Morgan fingerprint density at radius 2 is 1.81 bits per heavy atom. The number of halogens is 2. The van der Waals surface area contributed by atoms with Crippen LogP contribution in [0.4, 0.5) is 4.39 Å². The van der Waals surface area contributed by atoms with E-state index in [-0.39, 0.29) is 5.82 Å². The van der Waals surface area contributed by atoms with Crippen LogP contribution >= 0.6 is 22.6 Å². The maximum atomic E-state index is 12.9. The average Bonchev–Trinajstić information content (AvgIpc) is 2.29. The predicted molar refractivity (Wildman–Crippen MR) is 69.9 cm³/mol. The second-order valence-corrected chi connectivity index (χ2v) is 4.51. The molecule has 2 aromatic carbocycles. The van der Waals surface area contributed by atoms with E-state index in [9.17, 15) is 4.39 Å². The molecular formula is C13H10FIO. The molecule has 0 saturated carbocycles. The van der Waals surface area contributed by atoms with Gasteiger partial charge in [-0.3, -0.25) is 0 Å². The molecule has 0 aliphatic rings. The number of hydrogen-bond acceptors (Lipinski definition) is 1. The largest absolute Gasteiger partial charge is 0.488 e. The van der Waals surface area contributed by atoms with E-state index in [1.54, 1.807) is 6.07 Å². The fourth-order valence-electron chi connectivity index (χ4n) is 1.33. The topological polar surface area (TPSA) is 9.23 Å². The summed E-state index contributed by atoms with van der Waals surface area (Å²) in [5.74, 6) is 0.474. The molecule has 2 aromatic rings. The SMILES string of the molecule is Fc1ccc(OCc2ccccc2)c(I)c1. The minimum atomic E-state index is -0.239. The third kappa shape index (κ3) is 2.95. The molecule has 0 unspecified atom stereocenters. The number of rotatable bonds is 3. The molecule has 0 amide bonds. The molecule has 0 spiro atoms. The molecule has 0 N–H and O–H groups in total. The molecule has 82 valence electrons. The lowest BCUT2D eigenvalue weighted by Crippen LogP contribution is -1.96. The van der Waals surface area contributed by atoms with Gasteiger partial charge in [-0.2, -0.15) is 0 Å². The lowest BCUT2D eigenvalue weighted by Gasteiger charge is -2.08. The van der Waals surface area contributed by atoms with Gasteiger partial charge in [-0.15, -0.1) is 0 Å². The second-order valence-electron chi connectivity index (χ2n) is 3.35. The van der Waals surface area contributed by atoms with Gasteiger partial charge in [0, 0.05) is 0 Å². The van der Waals surface area contributed by atoms with Gasteiger partial charge in [0.05, 0.1) is 3.57 Å². The summed E-state index contributed by atoms with van der Waals surface area (Å²) in [5.41, 5.74) is 1.10. The van der Waals surface area contributed by atoms with E-state index in [0.717, 1.165) is 9.13 Å². The van der Waals surface area contributed by atoms with Crippen molar-refractivity contribution in [2.24, 2.45) is 0 Å². The van der Waals surface area contributed by atoms with Gasteiger partial charge in [0.25, 0.3) is 0 Å². The van der Waals surface area contributed by atoms with Crippen molar-refractivity contribution in [3.8, 4) is 5.75 Å². The van der Waals surface area contributed by atoms with E-state index in [2.05, 4.69) is 22.6 Å². The summed E-state index contributed by atoms with van der Waals surface area (Å²) in [6.07, 6.45) is 0. The second kappa shape index (κ2) is 5.30. The molecule has 0 atom stereocenters. The van der Waals surface area contributed by atoms with Crippen molar-refractivity contribution in [1.82, 2.24) is 0 Å². The van der Waals surface area contributed by atoms with Crippen LogP contribution in [0.15, 0.2) is 48.5 Å². The summed E-state index contributed by atoms with van der Waals surface area (Å²) < 4.78 is 19.2. The number of hydrogen-bond donors (Lipinski definition) is 0. The van der Waals surface area contributed by atoms with E-state index in [1.165, 1.54) is 12.1 Å². The standard InChI is InChI=1S/C13H10FIO/c14-11-6-7-13(12(15)8-11)16-9-10-4-2-1-3-5-10/h1-8H,9H2. The van der Waals surface area contributed by atoms with Crippen molar-refractivity contribution in [3.05, 3.63) is 63.5 Å². The van der Waals surface area contributed by atoms with Crippen molar-refractivity contribution in [3.63, 3.8) is 0 Å². The lowest BCUT2D eigenvalue weighted by molar-refractivity contribution is 0.303. The highest BCUT2D eigenvalue weighted by Crippen LogP contribution is 2.22. The summed E-state index contributed by atoms with van der Waals surface area (Å²) in [4.78, 5) is 0. The predicted octanol–water partition coefficient (Wildman–Crippen LogP) is 4.01. The van der Waals surface area contributed by atoms with Gasteiger partial charge in [-0.1, -0.05) is 30.3 Å². The van der Waals surface area contributed by atoms with Gasteiger partial charge in [0.15, 0.2) is 0 Å². The molecular weight excluding hydrogens is 318 g/mol. The van der Waals surface area contributed by atoms with Crippen LogP contribution in [0.1, 0.15) is 5.56 Å². The van der Waals surface area contributed by atoms with Crippen LogP contribution in [0.3, 0.4) is 0 Å². The van der Waals surface area contributed by atoms with Crippen LogP contribution in [0, 0.1) is 9.39 Å². The van der Waals surface area contributed by atoms with Gasteiger partial charge in [-0.05, 0) is 46.4 Å². The molecule has 1 nitrogen and oxygen atoms in total. The van der Waals surface area contributed by atoms with Crippen LogP contribution < -0.4 is 4.74 Å². The molecule has 0 aromatic heterocycles. The fraction of sp³-hybridized carbons (Fsp3) is 0.0769. The van der Waals surface area contributed by atoms with Crippen LogP contribution in [0.25, 0.3) is 0 Å². The van der Waals surface area contributed by atoms with Gasteiger partial charge in [-0.25, -0.2) is 4.39 Å². The van der Waals surface area contributed by atoms with E-state index in [1.807, 2.05) is 30.3 Å². The van der Waals surface area contributed by atoms with Crippen LogP contribution in [0.5, 0.6) is 5.75 Å². The molecule has 0 bridgehead atoms. The molecule has 0 aliphatic carbocycles. The Kier molecular flexibility index (Phi) is 3.77. The summed E-state index contributed by atoms with van der Waals surface area (Å²) in [6, 6.07) is 14.4. The molecule has 0 fully saturated rings. The quantitative estimate of drug-likeness (QED) is 0.774. The van der Waals surface area contributed by atoms with Crippen molar-refractivity contribution >= 4 is 22.6 Å². The lowest BCUT2D eigenvalue weighted by atomic mass is 10.2. The monoisotopic (exact) mass is 328 g/mol. The third-order valence-electron chi connectivity index (χ3n) is 2.13. The van der Waals surface area contributed by atoms with Crippen molar-refractivity contribution in [1.29, 1.82) is 0 Å². The highest BCUT2D eigenvalue weighted by Gasteiger charge is 2.02. The first-order valence-corrected chi connectivity index (χ1v) is 5.95. The molecule has 0 aliphatic heterocycles. The minimum absolute atomic E-state index is 0.239. The van der Waals surface area contributed by atoms with Crippen molar-refractivity contribution in [2.45, 2.75) is 6.61 Å². The first-order chi connectivity index (χ1) is 7.75. The van der Waals surface area contributed by atoms with Crippen LogP contribution in [0.2, 0.25) is 0 Å². The zero-order chi connectivity index (χ0) is 11.4. The Bertz CT molecular complexity index is 471. The summed E-state index contributed by atoms with van der Waals surface area (Å²) >= 11 is 2.06. The molecule has 0 heterocycles. The third-order valence-corrected chi connectivity index (χ3v) is 2.97. The maximum absolute atomic E-state index is 12.9. The summed E-state index contributed by atoms with van der Waals surface area (Å²) in [5, 5.41) is 0. The van der Waals surface area contributed by atoms with Crippen LogP contribution in [-0.4, -0.2) is 0 Å². The molecule has 2 rings (SSSR count). The van der Waals surface area contributed by atoms with E-state index in [4.69, 9.17) is 4.74 Å². The minimum Gasteiger partial charge on any atom is -0.488 e. The first-order valence-electron chi connectivity index (χ1n) is 4.87. The summed E-state index contributed by atoms with van der Waals surface area (Å²) in [7, 11) is 0. The summed E-state index contributed by atoms with van der Waals surface area (Å²) in [6.45, 7) is 0.502. The van der Waals surface area contributed by atoms with E-state index in [0.29, 0.717) is 12.4 Å². The Labute approximate surface area is 107 Å². The van der Waals surface area contributed by atoms with Crippen molar-refractivity contribution < 1.29 is 9.13 Å². The molecule has 0 radical (unpaired) electrons. The van der Waals surface area contributed by atoms with Crippen molar-refractivity contribution in [2.75, 3.05) is 0 Å². The number of ether oxygens (including phenoxy) is 1. The fourth-order valence-corrected chi connectivity index (χ4v) is 1.96. The zero-order valence-corrected chi connectivity index (χ0v) is 10.6. The Hall–Kier alpha value is -1.10. The molecule has 3 heteroatoms. The highest BCUT2D eigenvalue weighted by molar-refractivity contribution is 14.1. The smallest absolute Gasteiger partial charge is 0.133 e. The van der Waals surface area contributed by atoms with Crippen LogP contribution in [-0.2, 0) is 6.61 Å². The van der Waals surface area contributed by atoms with Gasteiger partial charge < -0.3 is 4.74 Å². The van der Waals surface area contributed by atoms with Gasteiger partial charge in [0.2, 0.25) is 0 Å². The zero-order valence-electron chi connectivity index (χ0n) is 8.49. The van der Waals surface area contributed by atoms with Gasteiger partial charge >= 0.3 is 0 Å². The average molecular weight is 328 g/mol.